The van der Waals surface area contributed by atoms with Gasteiger partial charge in [0, 0.05) is 28.3 Å². The Morgan fingerprint density at radius 3 is 2.83 bits per heavy atom. The molecule has 29 heavy (non-hydrogen) atoms. The lowest BCUT2D eigenvalue weighted by Crippen LogP contribution is -2.18. The van der Waals surface area contributed by atoms with Gasteiger partial charge < -0.3 is 4.98 Å². The number of benzene rings is 1. The van der Waals surface area contributed by atoms with Gasteiger partial charge in [-0.05, 0) is 43.5 Å². The van der Waals surface area contributed by atoms with Crippen LogP contribution >= 0.6 is 0 Å². The minimum absolute atomic E-state index is 0.0804. The fraction of sp³-hybridized carbons (Fsp3) is 0.280. The van der Waals surface area contributed by atoms with E-state index in [1.165, 1.54) is 11.8 Å². The second-order valence-electron chi connectivity index (χ2n) is 7.54. The molecule has 0 radical (unpaired) electrons. The molecular weight excluding hydrogens is 361 g/mol. The number of nitrogens with zero attached hydrogens (tertiary/aromatic N) is 2. The Morgan fingerprint density at radius 1 is 1.34 bits per heavy atom. The zero-order chi connectivity index (χ0) is 21.0. The standard InChI is InChI=1S/C25H28FN3/c1-6-13-25(5,8-3)19-11-9-10-18(15-19)17(4)29-22(7-2)23-20-12-14-27-24(20)28-16-21(23)26/h7-12,14-16H,3,6,13H2,1-2,4-5H3,(H,27,28)/b22-7-,29-17+/t25-/m0/s1. The minimum atomic E-state index is -0.377. The third-order valence-corrected chi connectivity index (χ3v) is 5.52. The van der Waals surface area contributed by atoms with Crippen molar-refractivity contribution in [1.29, 1.82) is 0 Å². The molecule has 0 aliphatic rings. The van der Waals surface area contributed by atoms with E-state index in [0.29, 0.717) is 16.9 Å². The second kappa shape index (κ2) is 8.56. The molecular formula is C25H28FN3. The average Bonchev–Trinajstić information content (AvgIpc) is 3.21. The average molecular weight is 390 g/mol. The highest BCUT2D eigenvalue weighted by Crippen LogP contribution is 2.32. The van der Waals surface area contributed by atoms with Crippen molar-refractivity contribution in [3.63, 3.8) is 0 Å². The summed E-state index contributed by atoms with van der Waals surface area (Å²) in [6.07, 6.45) is 8.97. The smallest absolute Gasteiger partial charge is 0.151 e. The Hall–Kier alpha value is -3.01. The lowest BCUT2D eigenvalue weighted by atomic mass is 9.78. The van der Waals surface area contributed by atoms with Crippen LogP contribution in [0.15, 0.2) is 66.4 Å². The van der Waals surface area contributed by atoms with Gasteiger partial charge in [0.2, 0.25) is 0 Å². The first-order valence-electron chi connectivity index (χ1n) is 10.0. The van der Waals surface area contributed by atoms with Gasteiger partial charge in [0.1, 0.15) is 5.65 Å². The SMILES string of the molecule is C=C[C@@](C)(CCC)c1cccc(/C(C)=N/C(=C\C)c2c(F)cnc3[nH]ccc23)c1. The van der Waals surface area contributed by atoms with E-state index in [1.807, 2.05) is 44.2 Å². The zero-order valence-corrected chi connectivity index (χ0v) is 17.6. The largest absolute Gasteiger partial charge is 0.346 e. The van der Waals surface area contributed by atoms with Gasteiger partial charge in [-0.1, -0.05) is 50.6 Å². The second-order valence-corrected chi connectivity index (χ2v) is 7.54. The van der Waals surface area contributed by atoms with E-state index in [9.17, 15) is 4.39 Å². The number of rotatable bonds is 7. The van der Waals surface area contributed by atoms with Crippen LogP contribution in [-0.4, -0.2) is 15.7 Å². The van der Waals surface area contributed by atoms with Crippen molar-refractivity contribution in [2.24, 2.45) is 4.99 Å². The van der Waals surface area contributed by atoms with Crippen LogP contribution in [0.1, 0.15) is 57.2 Å². The number of nitrogens with one attached hydrogen (secondary N) is 1. The molecule has 2 aromatic heterocycles. The summed E-state index contributed by atoms with van der Waals surface area (Å²) in [5.41, 5.74) is 4.70. The Labute approximate surface area is 172 Å². The first kappa shape index (κ1) is 20.7. The summed E-state index contributed by atoms with van der Waals surface area (Å²) in [7, 11) is 0. The predicted molar refractivity (Wildman–Crippen MR) is 121 cm³/mol. The summed E-state index contributed by atoms with van der Waals surface area (Å²) in [6.45, 7) is 12.3. The van der Waals surface area contributed by atoms with E-state index in [0.717, 1.165) is 29.5 Å². The van der Waals surface area contributed by atoms with Gasteiger partial charge >= 0.3 is 0 Å². The number of hydrogen-bond donors (Lipinski definition) is 1. The van der Waals surface area contributed by atoms with Crippen LogP contribution in [0.25, 0.3) is 16.7 Å². The van der Waals surface area contributed by atoms with E-state index in [4.69, 9.17) is 4.99 Å². The molecule has 0 fully saturated rings. The number of aliphatic imine (C=N–C) groups is 1. The number of aromatic amines is 1. The topological polar surface area (TPSA) is 41.0 Å². The van der Waals surface area contributed by atoms with Crippen molar-refractivity contribution in [1.82, 2.24) is 9.97 Å². The van der Waals surface area contributed by atoms with Crippen molar-refractivity contribution in [3.05, 3.63) is 84.0 Å². The number of halogens is 1. The highest BCUT2D eigenvalue weighted by molar-refractivity contribution is 6.03. The molecule has 3 aromatic rings. The Kier molecular flexibility index (Phi) is 6.12. The number of aromatic nitrogens is 2. The van der Waals surface area contributed by atoms with Gasteiger partial charge in [-0.2, -0.15) is 0 Å². The molecule has 0 saturated heterocycles. The van der Waals surface area contributed by atoms with Gasteiger partial charge in [0.25, 0.3) is 0 Å². The van der Waals surface area contributed by atoms with E-state index in [2.05, 4.69) is 42.5 Å². The molecule has 0 saturated carbocycles. The normalized spacial score (nSPS) is 14.8. The number of pyridine rings is 1. The van der Waals surface area contributed by atoms with Crippen molar-refractivity contribution in [3.8, 4) is 0 Å². The maximum absolute atomic E-state index is 14.6. The predicted octanol–water partition coefficient (Wildman–Crippen LogP) is 6.82. The zero-order valence-electron chi connectivity index (χ0n) is 17.6. The summed E-state index contributed by atoms with van der Waals surface area (Å²) in [4.78, 5) is 11.9. The molecule has 2 heterocycles. The summed E-state index contributed by atoms with van der Waals surface area (Å²) in [6, 6.07) is 10.2. The van der Waals surface area contributed by atoms with Gasteiger partial charge in [-0.15, -0.1) is 6.58 Å². The Morgan fingerprint density at radius 2 is 2.14 bits per heavy atom. The lowest BCUT2D eigenvalue weighted by Gasteiger charge is -2.26. The molecule has 1 atom stereocenters. The van der Waals surface area contributed by atoms with Gasteiger partial charge in [0.05, 0.1) is 11.9 Å². The number of allylic oxidation sites excluding steroid dienone is 2. The molecule has 0 aliphatic heterocycles. The molecule has 0 bridgehead atoms. The molecule has 0 amide bonds. The summed E-state index contributed by atoms with van der Waals surface area (Å²) < 4.78 is 14.6. The van der Waals surface area contributed by atoms with Gasteiger partial charge in [0.15, 0.2) is 5.82 Å². The van der Waals surface area contributed by atoms with Crippen molar-refractivity contribution < 1.29 is 4.39 Å². The molecule has 0 spiro atoms. The number of hydrogen-bond acceptors (Lipinski definition) is 2. The fourth-order valence-electron chi connectivity index (χ4n) is 3.74. The van der Waals surface area contributed by atoms with Crippen LogP contribution in [0.4, 0.5) is 4.39 Å². The van der Waals surface area contributed by atoms with E-state index < -0.39 is 0 Å². The van der Waals surface area contributed by atoms with Crippen LogP contribution in [0.3, 0.4) is 0 Å². The summed E-state index contributed by atoms with van der Waals surface area (Å²) >= 11 is 0. The van der Waals surface area contributed by atoms with E-state index in [1.54, 1.807) is 6.20 Å². The van der Waals surface area contributed by atoms with Crippen LogP contribution in [0.2, 0.25) is 0 Å². The lowest BCUT2D eigenvalue weighted by molar-refractivity contribution is 0.532. The molecule has 0 unspecified atom stereocenters. The third-order valence-electron chi connectivity index (χ3n) is 5.52. The van der Waals surface area contributed by atoms with E-state index in [-0.39, 0.29) is 11.2 Å². The van der Waals surface area contributed by atoms with Crippen molar-refractivity contribution >= 4 is 22.4 Å². The summed E-state index contributed by atoms with van der Waals surface area (Å²) in [5.74, 6) is -0.377. The molecule has 1 N–H and O–H groups in total. The minimum Gasteiger partial charge on any atom is -0.346 e. The van der Waals surface area contributed by atoms with Gasteiger partial charge in [-0.3, -0.25) is 4.99 Å². The highest BCUT2D eigenvalue weighted by atomic mass is 19.1. The molecule has 1 aromatic carbocycles. The van der Waals surface area contributed by atoms with Crippen molar-refractivity contribution in [2.75, 3.05) is 0 Å². The Bertz CT molecular complexity index is 1090. The molecule has 150 valence electrons. The first-order valence-corrected chi connectivity index (χ1v) is 10.0. The Balaban J connectivity index is 2.04. The third kappa shape index (κ3) is 4.07. The maximum atomic E-state index is 14.6. The quantitative estimate of drug-likeness (QED) is 0.350. The molecule has 3 nitrogen and oxygen atoms in total. The molecule has 4 heteroatoms. The monoisotopic (exact) mass is 389 g/mol. The highest BCUT2D eigenvalue weighted by Gasteiger charge is 2.22. The molecule has 0 aliphatic carbocycles. The molecule has 3 rings (SSSR count). The number of fused-ring (bicyclic) bond motifs is 1. The summed E-state index contributed by atoms with van der Waals surface area (Å²) in [5, 5.41) is 0.727. The van der Waals surface area contributed by atoms with Crippen LogP contribution < -0.4 is 0 Å². The van der Waals surface area contributed by atoms with Crippen LogP contribution in [-0.2, 0) is 5.41 Å². The van der Waals surface area contributed by atoms with Crippen LogP contribution in [0.5, 0.6) is 0 Å². The van der Waals surface area contributed by atoms with Crippen molar-refractivity contribution in [2.45, 2.75) is 46.0 Å². The van der Waals surface area contributed by atoms with Crippen LogP contribution in [0, 0.1) is 5.82 Å². The number of H-pyrrole nitrogens is 1. The maximum Gasteiger partial charge on any atom is 0.151 e. The first-order chi connectivity index (χ1) is 13.9. The van der Waals surface area contributed by atoms with E-state index >= 15 is 0 Å². The fourth-order valence-corrected chi connectivity index (χ4v) is 3.74. The van der Waals surface area contributed by atoms with Gasteiger partial charge in [-0.25, -0.2) is 9.37 Å².